The molecule has 9 nitrogen and oxygen atoms in total. The molecule has 0 atom stereocenters. The van der Waals surface area contributed by atoms with E-state index in [1.165, 1.54) is 0 Å². The molecule has 3 rings (SSSR count). The number of nitrogens with zero attached hydrogens (tertiary/aromatic N) is 5. The number of hydrogen-bond acceptors (Lipinski definition) is 8. The second kappa shape index (κ2) is 7.88. The molecule has 1 fully saturated rings. The molecule has 1 aliphatic rings. The number of hydrogen-bond donors (Lipinski definition) is 1. The van der Waals surface area contributed by atoms with E-state index in [4.69, 9.17) is 26.4 Å². The van der Waals surface area contributed by atoms with E-state index in [9.17, 15) is 4.57 Å². The van der Waals surface area contributed by atoms with Crippen LogP contribution in [0.4, 0.5) is 5.95 Å². The molecule has 0 unspecified atom stereocenters. The van der Waals surface area contributed by atoms with Crippen molar-refractivity contribution in [3.63, 3.8) is 0 Å². The van der Waals surface area contributed by atoms with Gasteiger partial charge in [0.2, 0.25) is 5.95 Å². The third-order valence-corrected chi connectivity index (χ3v) is 7.19. The van der Waals surface area contributed by atoms with E-state index in [1.807, 2.05) is 39.3 Å². The van der Waals surface area contributed by atoms with Gasteiger partial charge in [-0.05, 0) is 47.6 Å². The third-order valence-electron chi connectivity index (χ3n) is 4.67. The molecule has 11 heteroatoms. The maximum absolute atomic E-state index is 13.3. The number of imidazole rings is 1. The summed E-state index contributed by atoms with van der Waals surface area (Å²) in [6.07, 6.45) is 3.45. The molecule has 0 radical (unpaired) electrons. The van der Waals surface area contributed by atoms with Gasteiger partial charge in [0.1, 0.15) is 11.8 Å². The quantitative estimate of drug-likeness (QED) is 0.475. The van der Waals surface area contributed by atoms with Gasteiger partial charge in [-0.2, -0.15) is 9.97 Å². The SMILES string of the molecule is CC(C)OP(=O)(CN(C)C1(Cn2cnc3c(Cl)nc(N)nc32)CC1)OC(C)C. The average molecular weight is 431 g/mol. The maximum atomic E-state index is 13.3. The van der Waals surface area contributed by atoms with Gasteiger partial charge in [-0.3, -0.25) is 9.46 Å². The number of fused-ring (bicyclic) bond motifs is 1. The molecule has 0 spiro atoms. The topological polar surface area (TPSA) is 108 Å². The summed E-state index contributed by atoms with van der Waals surface area (Å²) < 4.78 is 26.6. The van der Waals surface area contributed by atoms with Gasteiger partial charge >= 0.3 is 7.60 Å². The fourth-order valence-electron chi connectivity index (χ4n) is 3.31. The van der Waals surface area contributed by atoms with Crippen LogP contribution in [-0.4, -0.2) is 55.5 Å². The fourth-order valence-corrected chi connectivity index (χ4v) is 5.81. The Labute approximate surface area is 170 Å². The Morgan fingerprint density at radius 2 is 1.89 bits per heavy atom. The summed E-state index contributed by atoms with van der Waals surface area (Å²) in [6, 6.07) is 0. The van der Waals surface area contributed by atoms with Crippen LogP contribution in [0.5, 0.6) is 0 Å². The standard InChI is InChI=1S/C17H28ClN6O3P/c1-11(2)26-28(25,27-12(3)4)10-23(5)17(6-7-17)8-24-9-20-13-14(18)21-16(19)22-15(13)24/h9,11-12H,6-8,10H2,1-5H3,(H2,19,21,22). The number of nitrogen functional groups attached to an aromatic ring is 1. The van der Waals surface area contributed by atoms with Crippen LogP contribution in [0.3, 0.4) is 0 Å². The Hall–Kier alpha value is -1.25. The summed E-state index contributed by atoms with van der Waals surface area (Å²) in [4.78, 5) is 14.6. The Kier molecular flexibility index (Phi) is 6.04. The summed E-state index contributed by atoms with van der Waals surface area (Å²) >= 11 is 6.12. The van der Waals surface area contributed by atoms with Gasteiger partial charge in [0.25, 0.3) is 0 Å². The Morgan fingerprint density at radius 1 is 1.29 bits per heavy atom. The monoisotopic (exact) mass is 430 g/mol. The van der Waals surface area contributed by atoms with Crippen molar-refractivity contribution >= 4 is 36.3 Å². The van der Waals surface area contributed by atoms with Gasteiger partial charge in [0.15, 0.2) is 10.8 Å². The summed E-state index contributed by atoms with van der Waals surface area (Å²) in [7, 11) is -1.32. The summed E-state index contributed by atoms with van der Waals surface area (Å²) in [6.45, 7) is 8.04. The first-order valence-electron chi connectivity index (χ1n) is 9.34. The number of halogens is 1. The highest BCUT2D eigenvalue weighted by molar-refractivity contribution is 7.53. The van der Waals surface area contributed by atoms with Crippen molar-refractivity contribution in [2.45, 2.75) is 64.8 Å². The van der Waals surface area contributed by atoms with Gasteiger partial charge in [-0.15, -0.1) is 0 Å². The van der Waals surface area contributed by atoms with Crippen LogP contribution >= 0.6 is 19.2 Å². The second-order valence-corrected chi connectivity index (χ2v) is 10.2. The molecule has 0 aromatic carbocycles. The average Bonchev–Trinajstić information content (AvgIpc) is 3.21. The smallest absolute Gasteiger partial charge is 0.345 e. The van der Waals surface area contributed by atoms with Crippen molar-refractivity contribution in [2.75, 3.05) is 19.1 Å². The van der Waals surface area contributed by atoms with Gasteiger partial charge in [0, 0.05) is 12.1 Å². The van der Waals surface area contributed by atoms with E-state index in [0.29, 0.717) is 17.7 Å². The van der Waals surface area contributed by atoms with E-state index in [1.54, 1.807) is 6.33 Å². The molecule has 28 heavy (non-hydrogen) atoms. The molecular formula is C17H28ClN6O3P. The molecule has 2 heterocycles. The molecule has 2 aromatic heterocycles. The molecule has 0 amide bonds. The van der Waals surface area contributed by atoms with E-state index in [0.717, 1.165) is 12.8 Å². The van der Waals surface area contributed by atoms with Crippen molar-refractivity contribution in [3.05, 3.63) is 11.5 Å². The highest BCUT2D eigenvalue weighted by atomic mass is 35.5. The van der Waals surface area contributed by atoms with Gasteiger partial charge in [-0.25, -0.2) is 4.98 Å². The van der Waals surface area contributed by atoms with Crippen molar-refractivity contribution in [2.24, 2.45) is 0 Å². The van der Waals surface area contributed by atoms with Crippen molar-refractivity contribution in [1.29, 1.82) is 0 Å². The van der Waals surface area contributed by atoms with Crippen LogP contribution in [0.25, 0.3) is 11.2 Å². The van der Waals surface area contributed by atoms with Gasteiger partial charge in [0.05, 0.1) is 18.5 Å². The zero-order valence-corrected chi connectivity index (χ0v) is 18.6. The summed E-state index contributed by atoms with van der Waals surface area (Å²) in [5, 5.41) is 0.236. The molecule has 0 bridgehead atoms. The summed E-state index contributed by atoms with van der Waals surface area (Å²) in [5.41, 5.74) is 6.68. The lowest BCUT2D eigenvalue weighted by atomic mass is 10.2. The first kappa shape index (κ1) is 21.5. The van der Waals surface area contributed by atoms with E-state index in [-0.39, 0.29) is 35.1 Å². The Balaban J connectivity index is 1.80. The minimum atomic E-state index is -3.26. The Bertz CT molecular complexity index is 884. The molecule has 0 aliphatic heterocycles. The zero-order valence-electron chi connectivity index (χ0n) is 16.9. The molecule has 2 aromatic rings. The van der Waals surface area contributed by atoms with Crippen LogP contribution < -0.4 is 5.73 Å². The molecule has 0 saturated heterocycles. The van der Waals surface area contributed by atoms with Crippen LogP contribution in [0, 0.1) is 0 Å². The molecule has 1 saturated carbocycles. The van der Waals surface area contributed by atoms with Crippen molar-refractivity contribution < 1.29 is 13.6 Å². The molecule has 2 N–H and O–H groups in total. The number of nitrogens with two attached hydrogens (primary N) is 1. The largest absolute Gasteiger partial charge is 0.368 e. The van der Waals surface area contributed by atoms with Crippen LogP contribution in [0.1, 0.15) is 40.5 Å². The lowest BCUT2D eigenvalue weighted by Crippen LogP contribution is -2.39. The molecule has 1 aliphatic carbocycles. The molecule has 156 valence electrons. The lowest BCUT2D eigenvalue weighted by Gasteiger charge is -2.32. The predicted molar refractivity (Wildman–Crippen MR) is 109 cm³/mol. The summed E-state index contributed by atoms with van der Waals surface area (Å²) in [5.74, 6) is 0.109. The first-order valence-corrected chi connectivity index (χ1v) is 11.5. The molecular weight excluding hydrogens is 403 g/mol. The number of likely N-dealkylation sites (N-methyl/N-ethyl adjacent to an activating group) is 1. The van der Waals surface area contributed by atoms with Crippen LogP contribution in [-0.2, 0) is 20.2 Å². The van der Waals surface area contributed by atoms with Gasteiger partial charge in [-0.1, -0.05) is 11.6 Å². The third kappa shape index (κ3) is 4.66. The highest BCUT2D eigenvalue weighted by Crippen LogP contribution is 2.54. The number of aromatic nitrogens is 4. The number of rotatable bonds is 9. The highest BCUT2D eigenvalue weighted by Gasteiger charge is 2.49. The predicted octanol–water partition coefficient (Wildman–Crippen LogP) is 3.53. The normalized spacial score (nSPS) is 16.6. The maximum Gasteiger partial charge on any atom is 0.345 e. The van der Waals surface area contributed by atoms with Crippen molar-refractivity contribution in [3.8, 4) is 0 Å². The zero-order chi connectivity index (χ0) is 20.7. The number of anilines is 1. The second-order valence-electron chi connectivity index (χ2n) is 7.90. The van der Waals surface area contributed by atoms with E-state index in [2.05, 4.69) is 19.9 Å². The minimum Gasteiger partial charge on any atom is -0.368 e. The van der Waals surface area contributed by atoms with Crippen LogP contribution in [0.15, 0.2) is 6.33 Å². The fraction of sp³-hybridized carbons (Fsp3) is 0.706. The van der Waals surface area contributed by atoms with E-state index >= 15 is 0 Å². The van der Waals surface area contributed by atoms with E-state index < -0.39 is 7.60 Å². The first-order chi connectivity index (χ1) is 13.0. The van der Waals surface area contributed by atoms with Crippen LogP contribution in [0.2, 0.25) is 5.15 Å². The van der Waals surface area contributed by atoms with Crippen molar-refractivity contribution in [1.82, 2.24) is 24.4 Å². The lowest BCUT2D eigenvalue weighted by molar-refractivity contribution is 0.122. The minimum absolute atomic E-state index is 0.109. The Morgan fingerprint density at radius 3 is 2.43 bits per heavy atom. The van der Waals surface area contributed by atoms with Gasteiger partial charge < -0.3 is 19.3 Å².